The van der Waals surface area contributed by atoms with Crippen LogP contribution in [0.5, 0.6) is 0 Å². The summed E-state index contributed by atoms with van der Waals surface area (Å²) in [7, 11) is -3.91. The second-order valence-corrected chi connectivity index (χ2v) is 8.37. The molecular formula is C17H33N2O5P. The van der Waals surface area contributed by atoms with Crippen LogP contribution in [0.4, 0.5) is 0 Å². The first-order valence-corrected chi connectivity index (χ1v) is 10.7. The number of amides is 1. The van der Waals surface area contributed by atoms with Gasteiger partial charge in [0.15, 0.2) is 0 Å². The van der Waals surface area contributed by atoms with Crippen molar-refractivity contribution in [1.29, 1.82) is 0 Å². The van der Waals surface area contributed by atoms with E-state index in [-0.39, 0.29) is 30.4 Å². The number of nitrogens with two attached hydrogens (primary N) is 1. The van der Waals surface area contributed by atoms with E-state index in [0.717, 1.165) is 19.3 Å². The van der Waals surface area contributed by atoms with Crippen molar-refractivity contribution in [3.05, 3.63) is 11.4 Å². The molecular weight excluding hydrogens is 343 g/mol. The zero-order valence-electron chi connectivity index (χ0n) is 15.7. The molecule has 8 heteroatoms. The molecule has 146 valence electrons. The highest BCUT2D eigenvalue weighted by Gasteiger charge is 2.39. The highest BCUT2D eigenvalue weighted by Crippen LogP contribution is 2.54. The molecule has 4 N–H and O–H groups in total. The molecule has 0 spiro atoms. The molecule has 1 aliphatic rings. The fraction of sp³-hybridized carbons (Fsp3) is 0.824. The van der Waals surface area contributed by atoms with Gasteiger partial charge in [0.1, 0.15) is 0 Å². The van der Waals surface area contributed by atoms with Crippen molar-refractivity contribution < 1.29 is 23.5 Å². The van der Waals surface area contributed by atoms with Crippen molar-refractivity contribution in [3.8, 4) is 0 Å². The summed E-state index contributed by atoms with van der Waals surface area (Å²) in [5, 5.41) is 3.09. The summed E-state index contributed by atoms with van der Waals surface area (Å²) in [6.45, 7) is 7.66. The predicted octanol–water partition coefficient (Wildman–Crippen LogP) is 2.68. The zero-order chi connectivity index (χ0) is 19.0. The van der Waals surface area contributed by atoms with Gasteiger partial charge >= 0.3 is 7.60 Å². The van der Waals surface area contributed by atoms with E-state index in [1.165, 1.54) is 6.92 Å². The molecule has 0 aromatic rings. The predicted molar refractivity (Wildman–Crippen MR) is 98.2 cm³/mol. The van der Waals surface area contributed by atoms with Gasteiger partial charge in [-0.3, -0.25) is 9.36 Å². The van der Waals surface area contributed by atoms with Gasteiger partial charge in [-0.1, -0.05) is 27.2 Å². The zero-order valence-corrected chi connectivity index (χ0v) is 16.6. The van der Waals surface area contributed by atoms with Gasteiger partial charge in [0.25, 0.3) is 0 Å². The molecule has 0 saturated carbocycles. The van der Waals surface area contributed by atoms with Gasteiger partial charge in [0.05, 0.1) is 24.9 Å². The monoisotopic (exact) mass is 376 g/mol. The summed E-state index contributed by atoms with van der Waals surface area (Å²) in [6, 6.07) is -0.948. The van der Waals surface area contributed by atoms with E-state index in [1.807, 2.05) is 20.8 Å². The van der Waals surface area contributed by atoms with E-state index in [2.05, 4.69) is 5.32 Å². The molecule has 1 aliphatic carbocycles. The molecule has 4 atom stereocenters. The Kier molecular flexibility index (Phi) is 9.32. The Morgan fingerprint density at radius 3 is 2.60 bits per heavy atom. The Labute approximate surface area is 150 Å². The Balaban J connectivity index is 3.03. The summed E-state index contributed by atoms with van der Waals surface area (Å²) in [4.78, 5) is 21.8. The molecule has 1 rings (SSSR count). The van der Waals surface area contributed by atoms with E-state index in [0.29, 0.717) is 6.42 Å². The molecule has 1 unspecified atom stereocenters. The van der Waals surface area contributed by atoms with Crippen LogP contribution < -0.4 is 11.1 Å². The topological polar surface area (TPSA) is 111 Å². The lowest BCUT2D eigenvalue weighted by atomic mass is 9.93. The molecule has 0 bridgehead atoms. The highest BCUT2D eigenvalue weighted by molar-refractivity contribution is 7.57. The van der Waals surface area contributed by atoms with Crippen LogP contribution in [0, 0.1) is 0 Å². The van der Waals surface area contributed by atoms with Gasteiger partial charge in [0.2, 0.25) is 5.91 Å². The number of hydrogen-bond acceptors (Lipinski definition) is 5. The Hall–Kier alpha value is -0.720. The summed E-state index contributed by atoms with van der Waals surface area (Å²) >= 11 is 0. The standard InChI is InChI=1S/C17H33N2O5P/c1-5-8-9-23-25(21,22)14-10-15(18)17(19-12(4)20)16(11-14)24-13(6-2)7-3/h11,13,15-17H,5-10,18H2,1-4H3,(H,19,20)(H,21,22)/t15-,16+,17+/m0/s1. The Morgan fingerprint density at radius 2 is 2.08 bits per heavy atom. The molecule has 0 aliphatic heterocycles. The first-order valence-electron chi connectivity index (χ1n) is 9.11. The van der Waals surface area contributed by atoms with Crippen LogP contribution in [-0.4, -0.2) is 41.7 Å². The number of carbonyl (C=O) groups excluding carboxylic acids is 1. The van der Waals surface area contributed by atoms with Crippen LogP contribution in [-0.2, 0) is 18.6 Å². The van der Waals surface area contributed by atoms with Gasteiger partial charge in [-0.25, -0.2) is 0 Å². The molecule has 0 radical (unpaired) electrons. The van der Waals surface area contributed by atoms with Crippen molar-refractivity contribution in [2.45, 2.75) is 84.1 Å². The van der Waals surface area contributed by atoms with Crippen molar-refractivity contribution in [3.63, 3.8) is 0 Å². The van der Waals surface area contributed by atoms with Crippen molar-refractivity contribution in [2.24, 2.45) is 5.73 Å². The molecule has 0 aromatic carbocycles. The first kappa shape index (κ1) is 22.3. The SMILES string of the molecule is CCCCOP(=O)(O)C1=C[C@@H](OC(CC)CC)[C@H](NC(C)=O)[C@@H](N)C1. The van der Waals surface area contributed by atoms with Crippen LogP contribution >= 0.6 is 7.60 Å². The Morgan fingerprint density at radius 1 is 1.44 bits per heavy atom. The number of hydrogen-bond donors (Lipinski definition) is 3. The van der Waals surface area contributed by atoms with Gasteiger partial charge in [0, 0.05) is 18.3 Å². The summed E-state index contributed by atoms with van der Waals surface area (Å²) in [6.07, 6.45) is 4.45. The maximum absolute atomic E-state index is 12.6. The quantitative estimate of drug-likeness (QED) is 0.399. The van der Waals surface area contributed by atoms with Crippen LogP contribution in [0.15, 0.2) is 11.4 Å². The summed E-state index contributed by atoms with van der Waals surface area (Å²) in [5.41, 5.74) is 6.19. The third kappa shape index (κ3) is 6.83. The Bertz CT molecular complexity index is 507. The number of carbonyl (C=O) groups is 1. The number of ether oxygens (including phenoxy) is 1. The van der Waals surface area contributed by atoms with Crippen LogP contribution in [0.2, 0.25) is 0 Å². The average molecular weight is 376 g/mol. The lowest BCUT2D eigenvalue weighted by molar-refractivity contribution is -0.121. The summed E-state index contributed by atoms with van der Waals surface area (Å²) in [5.74, 6) is -0.207. The normalized spacial score (nSPS) is 26.2. The molecule has 0 saturated heterocycles. The lowest BCUT2D eigenvalue weighted by Crippen LogP contribution is -2.56. The minimum atomic E-state index is -3.91. The first-order chi connectivity index (χ1) is 11.7. The number of unbranched alkanes of at least 4 members (excludes halogenated alkanes) is 1. The van der Waals surface area contributed by atoms with Crippen LogP contribution in [0.25, 0.3) is 0 Å². The van der Waals surface area contributed by atoms with Crippen LogP contribution in [0.1, 0.15) is 59.8 Å². The highest BCUT2D eigenvalue weighted by atomic mass is 31.2. The second kappa shape index (κ2) is 10.4. The molecule has 0 fully saturated rings. The number of rotatable bonds is 10. The average Bonchev–Trinajstić information content (AvgIpc) is 2.54. The third-order valence-electron chi connectivity index (χ3n) is 4.37. The number of nitrogens with one attached hydrogen (secondary N) is 1. The fourth-order valence-electron chi connectivity index (χ4n) is 2.85. The van der Waals surface area contributed by atoms with E-state index in [4.69, 9.17) is 15.0 Å². The van der Waals surface area contributed by atoms with Gasteiger partial charge < -0.3 is 25.2 Å². The van der Waals surface area contributed by atoms with E-state index >= 15 is 0 Å². The second-order valence-electron chi connectivity index (χ2n) is 6.50. The fourth-order valence-corrected chi connectivity index (χ4v) is 4.17. The largest absolute Gasteiger partial charge is 0.369 e. The molecule has 7 nitrogen and oxygen atoms in total. The van der Waals surface area contributed by atoms with Crippen molar-refractivity contribution in [2.75, 3.05) is 6.61 Å². The maximum Gasteiger partial charge on any atom is 0.354 e. The van der Waals surface area contributed by atoms with E-state index < -0.39 is 25.8 Å². The smallest absolute Gasteiger partial charge is 0.354 e. The van der Waals surface area contributed by atoms with Gasteiger partial charge in [-0.15, -0.1) is 0 Å². The minimum Gasteiger partial charge on any atom is -0.369 e. The van der Waals surface area contributed by atoms with E-state index in [1.54, 1.807) is 6.08 Å². The van der Waals surface area contributed by atoms with Crippen LogP contribution in [0.3, 0.4) is 0 Å². The van der Waals surface area contributed by atoms with E-state index in [9.17, 15) is 14.3 Å². The van der Waals surface area contributed by atoms with Gasteiger partial charge in [-0.05, 0) is 31.8 Å². The third-order valence-corrected chi connectivity index (χ3v) is 5.96. The lowest BCUT2D eigenvalue weighted by Gasteiger charge is -2.37. The minimum absolute atomic E-state index is 0.0110. The molecule has 1 amide bonds. The summed E-state index contributed by atoms with van der Waals surface area (Å²) < 4.78 is 23.8. The van der Waals surface area contributed by atoms with Gasteiger partial charge in [-0.2, -0.15) is 0 Å². The molecule has 0 aromatic heterocycles. The van der Waals surface area contributed by atoms with Crippen molar-refractivity contribution >= 4 is 13.5 Å². The molecule has 25 heavy (non-hydrogen) atoms. The maximum atomic E-state index is 12.6. The molecule has 0 heterocycles. The van der Waals surface area contributed by atoms with Crippen molar-refractivity contribution in [1.82, 2.24) is 5.32 Å².